The molecular formula is C21H23F2N5OS. The highest BCUT2D eigenvalue weighted by Gasteiger charge is 2.56. The molecule has 6 nitrogen and oxygen atoms in total. The summed E-state index contributed by atoms with van der Waals surface area (Å²) in [7, 11) is 0. The summed E-state index contributed by atoms with van der Waals surface area (Å²) in [4.78, 5) is 24.3. The first-order chi connectivity index (χ1) is 14.5. The summed E-state index contributed by atoms with van der Waals surface area (Å²) >= 11 is 1.58. The number of hydrogen-bond acceptors (Lipinski definition) is 6. The zero-order chi connectivity index (χ0) is 20.9. The third-order valence-corrected chi connectivity index (χ3v) is 7.20. The van der Waals surface area contributed by atoms with Crippen molar-refractivity contribution in [3.63, 3.8) is 0 Å². The third kappa shape index (κ3) is 3.24. The number of carbonyl (C=O) groups is 1. The van der Waals surface area contributed by atoms with Crippen molar-refractivity contribution < 1.29 is 13.6 Å². The number of rotatable bonds is 3. The fourth-order valence-corrected chi connectivity index (χ4v) is 5.39. The lowest BCUT2D eigenvalue weighted by molar-refractivity contribution is -0.143. The van der Waals surface area contributed by atoms with Gasteiger partial charge in [-0.05, 0) is 43.2 Å². The van der Waals surface area contributed by atoms with Crippen LogP contribution in [0, 0.1) is 17.0 Å². The largest absolute Gasteiger partial charge is 0.356 e. The molecule has 0 radical (unpaired) electrons. The van der Waals surface area contributed by atoms with Crippen molar-refractivity contribution in [3.8, 4) is 0 Å². The van der Waals surface area contributed by atoms with E-state index < -0.39 is 17.0 Å². The van der Waals surface area contributed by atoms with E-state index in [1.165, 1.54) is 12.1 Å². The van der Waals surface area contributed by atoms with Crippen molar-refractivity contribution in [3.05, 3.63) is 47.8 Å². The predicted octanol–water partition coefficient (Wildman–Crippen LogP) is 3.27. The number of fused-ring (bicyclic) bond motifs is 1. The average Bonchev–Trinajstić information content (AvgIpc) is 3.26. The van der Waals surface area contributed by atoms with Gasteiger partial charge in [-0.25, -0.2) is 23.8 Å². The fourth-order valence-electron chi connectivity index (χ4n) is 5.01. The van der Waals surface area contributed by atoms with Gasteiger partial charge < -0.3 is 4.90 Å². The van der Waals surface area contributed by atoms with Crippen LogP contribution in [0.1, 0.15) is 30.9 Å². The van der Waals surface area contributed by atoms with Gasteiger partial charge in [-0.2, -0.15) is 0 Å². The van der Waals surface area contributed by atoms with Gasteiger partial charge in [-0.15, -0.1) is 11.8 Å². The Morgan fingerprint density at radius 3 is 2.50 bits per heavy atom. The Kier molecular flexibility index (Phi) is 4.89. The monoisotopic (exact) mass is 431 g/mol. The lowest BCUT2D eigenvalue weighted by atomic mass is 9.77. The summed E-state index contributed by atoms with van der Waals surface area (Å²) in [5.41, 5.74) is 0.0968. The van der Waals surface area contributed by atoms with Gasteiger partial charge in [-0.1, -0.05) is 0 Å². The van der Waals surface area contributed by atoms with Crippen LogP contribution < -0.4 is 4.90 Å². The number of nitrogens with zero attached hydrogens (tertiary/aromatic N) is 5. The molecule has 158 valence electrons. The number of aromatic nitrogens is 2. The van der Waals surface area contributed by atoms with Gasteiger partial charge >= 0.3 is 0 Å². The van der Waals surface area contributed by atoms with Crippen LogP contribution in [0.3, 0.4) is 0 Å². The van der Waals surface area contributed by atoms with Crippen molar-refractivity contribution in [1.82, 2.24) is 20.0 Å². The number of benzene rings is 1. The molecular weight excluding hydrogens is 408 g/mol. The molecule has 0 aliphatic carbocycles. The second-order valence-corrected chi connectivity index (χ2v) is 9.06. The van der Waals surface area contributed by atoms with Gasteiger partial charge in [-0.3, -0.25) is 9.80 Å². The molecule has 1 aromatic carbocycles. The summed E-state index contributed by atoms with van der Waals surface area (Å²) in [6.07, 6.45) is 5.73. The topological polar surface area (TPSA) is 52.6 Å². The normalized spacial score (nSPS) is 23.4. The predicted molar refractivity (Wildman–Crippen MR) is 110 cm³/mol. The van der Waals surface area contributed by atoms with Crippen molar-refractivity contribution in [2.75, 3.05) is 37.3 Å². The van der Waals surface area contributed by atoms with Gasteiger partial charge in [0.2, 0.25) is 5.91 Å². The Morgan fingerprint density at radius 1 is 1.07 bits per heavy atom. The van der Waals surface area contributed by atoms with Gasteiger partial charge in [0.05, 0.1) is 11.5 Å². The first-order valence-electron chi connectivity index (χ1n) is 10.1. The molecule has 1 spiro atoms. The molecule has 4 heterocycles. The standard InChI is InChI=1S/C21H23F2N5OS/c1-30-19-11-18(24-13-25-19)26-6-3-21(4-7-26)12-27-5-2-17(28(27)20(21)29)14-8-15(22)10-16(23)9-14/h8-11,13,17H,2-7,12H2,1H3/t17-/m0/s1. The highest BCUT2D eigenvalue weighted by Crippen LogP contribution is 2.47. The number of carbonyl (C=O) groups excluding carboxylic acids is 1. The van der Waals surface area contributed by atoms with Crippen LogP contribution in [0.2, 0.25) is 0 Å². The second-order valence-electron chi connectivity index (χ2n) is 8.23. The molecule has 0 saturated carbocycles. The van der Waals surface area contributed by atoms with Crippen LogP contribution in [-0.2, 0) is 4.79 Å². The summed E-state index contributed by atoms with van der Waals surface area (Å²) < 4.78 is 27.5. The maximum atomic E-state index is 13.8. The number of hydrogen-bond donors (Lipinski definition) is 0. The minimum atomic E-state index is -0.604. The average molecular weight is 432 g/mol. The molecule has 0 bridgehead atoms. The van der Waals surface area contributed by atoms with Crippen molar-refractivity contribution in [1.29, 1.82) is 0 Å². The van der Waals surface area contributed by atoms with Crippen molar-refractivity contribution >= 4 is 23.5 Å². The Morgan fingerprint density at radius 2 is 1.80 bits per heavy atom. The molecule has 9 heteroatoms. The molecule has 3 aliphatic heterocycles. The van der Waals surface area contributed by atoms with Gasteiger partial charge in [0.1, 0.15) is 28.8 Å². The van der Waals surface area contributed by atoms with Crippen LogP contribution in [0.4, 0.5) is 14.6 Å². The number of piperidine rings is 1. The number of thioether (sulfide) groups is 1. The summed E-state index contributed by atoms with van der Waals surface area (Å²) in [5, 5.41) is 4.76. The molecule has 0 N–H and O–H groups in total. The van der Waals surface area contributed by atoms with Gasteiger partial charge in [0.25, 0.3) is 0 Å². The molecule has 3 aliphatic rings. The van der Waals surface area contributed by atoms with Crippen LogP contribution in [0.5, 0.6) is 0 Å². The summed E-state index contributed by atoms with van der Waals surface area (Å²) in [6, 6.07) is 5.24. The fraction of sp³-hybridized carbons (Fsp3) is 0.476. The molecule has 3 fully saturated rings. The second kappa shape index (κ2) is 7.46. The number of amides is 1. The molecule has 2 aromatic rings. The summed E-state index contributed by atoms with van der Waals surface area (Å²) in [6.45, 7) is 2.89. The number of halogens is 2. The highest BCUT2D eigenvalue weighted by molar-refractivity contribution is 7.98. The van der Waals surface area contributed by atoms with Crippen LogP contribution in [-0.4, -0.2) is 58.3 Å². The smallest absolute Gasteiger partial charge is 0.245 e. The maximum absolute atomic E-state index is 13.8. The van der Waals surface area contributed by atoms with E-state index in [0.29, 0.717) is 18.5 Å². The van der Waals surface area contributed by atoms with E-state index >= 15 is 0 Å². The minimum absolute atomic E-state index is 0.0850. The van der Waals surface area contributed by atoms with Crippen LogP contribution >= 0.6 is 11.8 Å². The first-order valence-corrected chi connectivity index (χ1v) is 11.4. The lowest BCUT2D eigenvalue weighted by Gasteiger charge is -2.38. The number of hydrazine groups is 1. The minimum Gasteiger partial charge on any atom is -0.356 e. The Bertz CT molecular complexity index is 961. The quantitative estimate of drug-likeness (QED) is 0.549. The number of anilines is 1. The van der Waals surface area contributed by atoms with Gasteiger partial charge in [0, 0.05) is 38.3 Å². The Labute approximate surface area is 178 Å². The Balaban J connectivity index is 1.33. The van der Waals surface area contributed by atoms with E-state index in [9.17, 15) is 13.6 Å². The van der Waals surface area contributed by atoms with E-state index in [4.69, 9.17) is 0 Å². The van der Waals surface area contributed by atoms with Crippen molar-refractivity contribution in [2.45, 2.75) is 30.3 Å². The van der Waals surface area contributed by atoms with Crippen molar-refractivity contribution in [2.24, 2.45) is 5.41 Å². The van der Waals surface area contributed by atoms with Crippen LogP contribution in [0.25, 0.3) is 0 Å². The SMILES string of the molecule is CSc1cc(N2CCC3(CC2)CN2CC[C@@H](c4cc(F)cc(F)c4)N2C3=O)ncn1. The summed E-state index contributed by atoms with van der Waals surface area (Å²) in [5.74, 6) is -0.231. The van der Waals surface area contributed by atoms with Gasteiger partial charge in [0.15, 0.2) is 0 Å². The highest BCUT2D eigenvalue weighted by atomic mass is 32.2. The molecule has 0 unspecified atom stereocenters. The third-order valence-electron chi connectivity index (χ3n) is 6.56. The first kappa shape index (κ1) is 19.7. The molecule has 1 amide bonds. The van der Waals surface area contributed by atoms with E-state index in [1.807, 2.05) is 12.3 Å². The van der Waals surface area contributed by atoms with Crippen LogP contribution in [0.15, 0.2) is 35.6 Å². The van der Waals surface area contributed by atoms with E-state index in [-0.39, 0.29) is 11.9 Å². The van der Waals surface area contributed by atoms with E-state index in [2.05, 4.69) is 19.9 Å². The molecule has 1 atom stereocenters. The molecule has 1 aromatic heterocycles. The van der Waals surface area contributed by atoms with E-state index in [1.54, 1.807) is 23.1 Å². The lowest BCUT2D eigenvalue weighted by Crippen LogP contribution is -2.46. The molecule has 5 rings (SSSR count). The Hall–Kier alpha value is -2.26. The maximum Gasteiger partial charge on any atom is 0.245 e. The molecule has 3 saturated heterocycles. The zero-order valence-electron chi connectivity index (χ0n) is 16.7. The zero-order valence-corrected chi connectivity index (χ0v) is 17.5. The molecule has 30 heavy (non-hydrogen) atoms. The van der Waals surface area contributed by atoms with E-state index in [0.717, 1.165) is 49.4 Å².